The van der Waals surface area contributed by atoms with Crippen LogP contribution in [-0.4, -0.2) is 18.0 Å². The van der Waals surface area contributed by atoms with E-state index in [-0.39, 0.29) is 12.5 Å². The Bertz CT molecular complexity index is 560. The summed E-state index contributed by atoms with van der Waals surface area (Å²) >= 11 is 0. The summed E-state index contributed by atoms with van der Waals surface area (Å²) in [5, 5.41) is 4.78. The lowest BCUT2D eigenvalue weighted by atomic mass is 9.82. The standard InChI is InChI=1S/C12H11FN2O3/c1-6-5-12(10(16)14-11(17)15-12)8-4-7(13)2-3-9(8)18-6/h2-4,6H,5H2,1H3,(H2,14,15,16,17)/t6?,12-/m1/s1. The summed E-state index contributed by atoms with van der Waals surface area (Å²) in [6.45, 7) is 1.80. The maximum Gasteiger partial charge on any atom is 0.322 e. The van der Waals surface area contributed by atoms with Gasteiger partial charge < -0.3 is 10.1 Å². The van der Waals surface area contributed by atoms with Gasteiger partial charge in [0.25, 0.3) is 5.91 Å². The Hall–Kier alpha value is -2.11. The lowest BCUT2D eigenvalue weighted by Crippen LogP contribution is -2.49. The summed E-state index contributed by atoms with van der Waals surface area (Å²) in [5.41, 5.74) is -0.851. The van der Waals surface area contributed by atoms with Crippen LogP contribution in [0.25, 0.3) is 0 Å². The molecular formula is C12H11FN2O3. The van der Waals surface area contributed by atoms with Gasteiger partial charge in [-0.3, -0.25) is 10.1 Å². The fourth-order valence-corrected chi connectivity index (χ4v) is 2.56. The van der Waals surface area contributed by atoms with E-state index in [0.717, 1.165) is 0 Å². The van der Waals surface area contributed by atoms with E-state index in [2.05, 4.69) is 10.6 Å². The molecule has 1 aromatic carbocycles. The highest BCUT2D eigenvalue weighted by Gasteiger charge is 2.52. The molecular weight excluding hydrogens is 239 g/mol. The van der Waals surface area contributed by atoms with Gasteiger partial charge >= 0.3 is 6.03 Å². The van der Waals surface area contributed by atoms with E-state index in [1.165, 1.54) is 18.2 Å². The first kappa shape index (κ1) is 11.0. The van der Waals surface area contributed by atoms with Crippen LogP contribution in [0.5, 0.6) is 5.75 Å². The van der Waals surface area contributed by atoms with Crippen LogP contribution in [0, 0.1) is 5.82 Å². The predicted molar refractivity (Wildman–Crippen MR) is 59.5 cm³/mol. The lowest BCUT2D eigenvalue weighted by molar-refractivity contribution is -0.126. The molecule has 2 heterocycles. The molecule has 0 saturated carbocycles. The molecule has 3 amide bonds. The molecule has 94 valence electrons. The maximum absolute atomic E-state index is 13.4. The third-order valence-electron chi connectivity index (χ3n) is 3.26. The molecule has 1 fully saturated rings. The molecule has 0 radical (unpaired) electrons. The monoisotopic (exact) mass is 250 g/mol. The van der Waals surface area contributed by atoms with Gasteiger partial charge in [0, 0.05) is 12.0 Å². The number of fused-ring (bicyclic) bond motifs is 2. The number of benzene rings is 1. The molecule has 1 saturated heterocycles. The van der Waals surface area contributed by atoms with E-state index in [1.807, 2.05) is 0 Å². The second-order valence-corrected chi connectivity index (χ2v) is 4.59. The van der Waals surface area contributed by atoms with Gasteiger partial charge in [0.1, 0.15) is 11.6 Å². The van der Waals surface area contributed by atoms with Crippen LogP contribution < -0.4 is 15.4 Å². The lowest BCUT2D eigenvalue weighted by Gasteiger charge is -2.36. The molecule has 0 aliphatic carbocycles. The van der Waals surface area contributed by atoms with Gasteiger partial charge in [0.2, 0.25) is 0 Å². The Labute approximate surface area is 102 Å². The number of hydrogen-bond donors (Lipinski definition) is 2. The average molecular weight is 250 g/mol. The molecule has 1 spiro atoms. The Kier molecular flexibility index (Phi) is 2.10. The molecule has 5 nitrogen and oxygen atoms in total. The number of imide groups is 1. The molecule has 0 bridgehead atoms. The molecule has 2 N–H and O–H groups in total. The summed E-state index contributed by atoms with van der Waals surface area (Å²) in [5.74, 6) is -0.512. The van der Waals surface area contributed by atoms with Crippen LogP contribution in [0.1, 0.15) is 18.9 Å². The minimum absolute atomic E-state index is 0.243. The van der Waals surface area contributed by atoms with Crippen molar-refractivity contribution in [1.29, 1.82) is 0 Å². The number of urea groups is 1. The van der Waals surface area contributed by atoms with E-state index in [0.29, 0.717) is 11.3 Å². The maximum atomic E-state index is 13.4. The van der Waals surface area contributed by atoms with Crippen molar-refractivity contribution in [3.63, 3.8) is 0 Å². The summed E-state index contributed by atoms with van der Waals surface area (Å²) in [6.07, 6.45) is 0.0354. The van der Waals surface area contributed by atoms with Crippen molar-refractivity contribution in [2.45, 2.75) is 25.0 Å². The predicted octanol–water partition coefficient (Wildman–Crippen LogP) is 1.03. The quantitative estimate of drug-likeness (QED) is 0.676. The first-order valence-electron chi connectivity index (χ1n) is 5.61. The molecule has 0 aromatic heterocycles. The smallest absolute Gasteiger partial charge is 0.322 e. The summed E-state index contributed by atoms with van der Waals surface area (Å²) in [7, 11) is 0. The number of hydrogen-bond acceptors (Lipinski definition) is 3. The van der Waals surface area contributed by atoms with Crippen molar-refractivity contribution in [2.75, 3.05) is 0 Å². The highest BCUT2D eigenvalue weighted by molar-refractivity contribution is 6.07. The van der Waals surface area contributed by atoms with Gasteiger partial charge in [0.15, 0.2) is 5.54 Å². The van der Waals surface area contributed by atoms with E-state index >= 15 is 0 Å². The number of amides is 3. The van der Waals surface area contributed by atoms with E-state index in [9.17, 15) is 14.0 Å². The van der Waals surface area contributed by atoms with Crippen LogP contribution in [-0.2, 0) is 10.3 Å². The van der Waals surface area contributed by atoms with Gasteiger partial charge in [-0.25, -0.2) is 9.18 Å². The SMILES string of the molecule is CC1C[C@@]2(NC(=O)NC2=O)c2cc(F)ccc2O1. The van der Waals surface area contributed by atoms with Crippen molar-refractivity contribution >= 4 is 11.9 Å². The summed E-state index contributed by atoms with van der Waals surface area (Å²) < 4.78 is 18.9. The van der Waals surface area contributed by atoms with E-state index in [4.69, 9.17) is 4.74 Å². The largest absolute Gasteiger partial charge is 0.490 e. The molecule has 6 heteroatoms. The second kappa shape index (κ2) is 3.44. The molecule has 2 aliphatic rings. The zero-order chi connectivity index (χ0) is 12.9. The fraction of sp³-hybridized carbons (Fsp3) is 0.333. The molecule has 2 atom stereocenters. The molecule has 1 unspecified atom stereocenters. The number of carbonyl (C=O) groups is 2. The molecule has 18 heavy (non-hydrogen) atoms. The summed E-state index contributed by atoms with van der Waals surface area (Å²) in [4.78, 5) is 23.4. The first-order valence-corrected chi connectivity index (χ1v) is 5.61. The van der Waals surface area contributed by atoms with Gasteiger partial charge in [-0.05, 0) is 25.1 Å². The third kappa shape index (κ3) is 1.38. The number of nitrogens with one attached hydrogen (secondary N) is 2. The third-order valence-corrected chi connectivity index (χ3v) is 3.26. The fourth-order valence-electron chi connectivity index (χ4n) is 2.56. The van der Waals surface area contributed by atoms with Crippen LogP contribution in [0.3, 0.4) is 0 Å². The first-order chi connectivity index (χ1) is 8.51. The highest BCUT2D eigenvalue weighted by atomic mass is 19.1. The summed E-state index contributed by atoms with van der Waals surface area (Å²) in [6, 6.07) is 3.40. The van der Waals surface area contributed by atoms with Crippen molar-refractivity contribution in [3.05, 3.63) is 29.6 Å². The topological polar surface area (TPSA) is 67.4 Å². The van der Waals surface area contributed by atoms with E-state index < -0.39 is 23.3 Å². The van der Waals surface area contributed by atoms with Gasteiger partial charge in [-0.2, -0.15) is 0 Å². The van der Waals surface area contributed by atoms with Gasteiger partial charge in [0.05, 0.1) is 6.10 Å². The highest BCUT2D eigenvalue weighted by Crippen LogP contribution is 2.41. The zero-order valence-corrected chi connectivity index (χ0v) is 9.62. The number of ether oxygens (including phenoxy) is 1. The minimum atomic E-state index is -1.22. The van der Waals surface area contributed by atoms with Crippen molar-refractivity contribution in [3.8, 4) is 5.75 Å². The number of carbonyl (C=O) groups excluding carboxylic acids is 2. The average Bonchev–Trinajstić information content (AvgIpc) is 2.55. The van der Waals surface area contributed by atoms with Gasteiger partial charge in [-0.1, -0.05) is 0 Å². The van der Waals surface area contributed by atoms with E-state index in [1.54, 1.807) is 6.92 Å². The van der Waals surface area contributed by atoms with Crippen LogP contribution in [0.4, 0.5) is 9.18 Å². The second-order valence-electron chi connectivity index (χ2n) is 4.59. The minimum Gasteiger partial charge on any atom is -0.490 e. The zero-order valence-electron chi connectivity index (χ0n) is 9.62. The molecule has 2 aliphatic heterocycles. The van der Waals surface area contributed by atoms with Crippen LogP contribution >= 0.6 is 0 Å². The normalized spacial score (nSPS) is 29.6. The van der Waals surface area contributed by atoms with Gasteiger partial charge in [-0.15, -0.1) is 0 Å². The van der Waals surface area contributed by atoms with Crippen molar-refractivity contribution < 1.29 is 18.7 Å². The van der Waals surface area contributed by atoms with Crippen LogP contribution in [0.2, 0.25) is 0 Å². The van der Waals surface area contributed by atoms with Crippen molar-refractivity contribution in [2.24, 2.45) is 0 Å². The Morgan fingerprint density at radius 2 is 2.22 bits per heavy atom. The van der Waals surface area contributed by atoms with Crippen LogP contribution in [0.15, 0.2) is 18.2 Å². The van der Waals surface area contributed by atoms with Crippen molar-refractivity contribution in [1.82, 2.24) is 10.6 Å². The number of rotatable bonds is 0. The molecule has 3 rings (SSSR count). The Balaban J connectivity index is 2.20. The Morgan fingerprint density at radius 1 is 1.44 bits per heavy atom. The molecule has 1 aromatic rings. The number of halogens is 1. The Morgan fingerprint density at radius 3 is 2.89 bits per heavy atom.